The second kappa shape index (κ2) is 5.74. The summed E-state index contributed by atoms with van der Waals surface area (Å²) in [5, 5.41) is 5.03. The Morgan fingerprint density at radius 3 is 3.07 bits per heavy atom. The minimum Gasteiger partial charge on any atom is -0.468 e. The molecule has 0 aliphatic carbocycles. The van der Waals surface area contributed by atoms with Gasteiger partial charge in [-0.25, -0.2) is 0 Å². The molecule has 0 aromatic carbocycles. The Morgan fingerprint density at radius 2 is 2.57 bits per heavy atom. The fraction of sp³-hybridized carbons (Fsp3) is 0.444. The molecule has 0 bridgehead atoms. The second-order valence-electron chi connectivity index (χ2n) is 2.77. The molecule has 1 atom stereocenters. The van der Waals surface area contributed by atoms with Gasteiger partial charge in [-0.3, -0.25) is 10.1 Å². The molecule has 0 fully saturated rings. The van der Waals surface area contributed by atoms with Gasteiger partial charge in [-0.15, -0.1) is 11.3 Å². The third-order valence-electron chi connectivity index (χ3n) is 1.82. The van der Waals surface area contributed by atoms with Crippen molar-refractivity contribution in [2.45, 2.75) is 12.6 Å². The van der Waals surface area contributed by atoms with Crippen LogP contribution in [0.15, 0.2) is 17.5 Å². The summed E-state index contributed by atoms with van der Waals surface area (Å²) in [5.74, 6) is -0.316. The van der Waals surface area contributed by atoms with Crippen LogP contribution in [0.3, 0.4) is 0 Å². The third-order valence-corrected chi connectivity index (χ3v) is 2.70. The van der Waals surface area contributed by atoms with Gasteiger partial charge in [0.15, 0.2) is 0 Å². The van der Waals surface area contributed by atoms with Crippen molar-refractivity contribution >= 4 is 17.3 Å². The molecule has 0 radical (unpaired) electrons. The van der Waals surface area contributed by atoms with Crippen molar-refractivity contribution in [1.29, 1.82) is 0 Å². The molecule has 1 aromatic rings. The fourth-order valence-corrected chi connectivity index (χ4v) is 1.70. The number of nitrogens with two attached hydrogens (primary N) is 1. The summed E-state index contributed by atoms with van der Waals surface area (Å²) in [4.78, 5) is 12.3. The number of thiophene rings is 1. The van der Waals surface area contributed by atoms with Crippen molar-refractivity contribution in [2.24, 2.45) is 5.73 Å². The van der Waals surface area contributed by atoms with Crippen LogP contribution in [0.4, 0.5) is 0 Å². The predicted molar refractivity (Wildman–Crippen MR) is 56.0 cm³/mol. The van der Waals surface area contributed by atoms with Crippen LogP contribution in [0.1, 0.15) is 4.88 Å². The van der Waals surface area contributed by atoms with Gasteiger partial charge in [-0.2, -0.15) is 0 Å². The van der Waals surface area contributed by atoms with E-state index in [1.165, 1.54) is 12.0 Å². The molecule has 1 heterocycles. The van der Waals surface area contributed by atoms with E-state index >= 15 is 0 Å². The molecule has 3 N–H and O–H groups in total. The van der Waals surface area contributed by atoms with Crippen molar-refractivity contribution in [3.63, 3.8) is 0 Å². The maximum Gasteiger partial charge on any atom is 0.324 e. The van der Waals surface area contributed by atoms with E-state index in [2.05, 4.69) is 10.1 Å². The van der Waals surface area contributed by atoms with Crippen LogP contribution in [0.5, 0.6) is 0 Å². The normalized spacial score (nSPS) is 12.4. The standard InChI is InChI=1S/C9H14N2O2S/c1-13-9(12)8(5-10)11-6-7-3-2-4-14-7/h2-4,8,11H,5-6,10H2,1H3. The van der Waals surface area contributed by atoms with Crippen LogP contribution in [-0.2, 0) is 16.1 Å². The van der Waals surface area contributed by atoms with E-state index in [0.717, 1.165) is 0 Å². The number of hydrogen-bond acceptors (Lipinski definition) is 5. The first-order valence-electron chi connectivity index (χ1n) is 4.31. The van der Waals surface area contributed by atoms with Crippen LogP contribution >= 0.6 is 11.3 Å². The largest absolute Gasteiger partial charge is 0.468 e. The van der Waals surface area contributed by atoms with Crippen LogP contribution in [0.2, 0.25) is 0 Å². The summed E-state index contributed by atoms with van der Waals surface area (Å²) < 4.78 is 4.60. The topological polar surface area (TPSA) is 64.3 Å². The molecule has 1 rings (SSSR count). The molecule has 0 saturated carbocycles. The molecule has 78 valence electrons. The highest BCUT2D eigenvalue weighted by Gasteiger charge is 2.15. The van der Waals surface area contributed by atoms with Gasteiger partial charge in [-0.1, -0.05) is 6.07 Å². The molecule has 0 saturated heterocycles. The molecule has 5 heteroatoms. The van der Waals surface area contributed by atoms with Gasteiger partial charge in [0.1, 0.15) is 6.04 Å². The zero-order chi connectivity index (χ0) is 10.4. The summed E-state index contributed by atoms with van der Waals surface area (Å²) in [5.41, 5.74) is 5.43. The number of ether oxygens (including phenoxy) is 1. The van der Waals surface area contributed by atoms with Crippen molar-refractivity contribution in [1.82, 2.24) is 5.32 Å². The number of carbonyl (C=O) groups excluding carboxylic acids is 1. The highest BCUT2D eigenvalue weighted by atomic mass is 32.1. The smallest absolute Gasteiger partial charge is 0.324 e. The zero-order valence-electron chi connectivity index (χ0n) is 8.03. The average molecular weight is 214 g/mol. The Kier molecular flexibility index (Phi) is 4.58. The average Bonchev–Trinajstić information content (AvgIpc) is 2.71. The quantitative estimate of drug-likeness (QED) is 0.694. The minimum atomic E-state index is -0.415. The minimum absolute atomic E-state index is 0.248. The number of hydrogen-bond donors (Lipinski definition) is 2. The maximum absolute atomic E-state index is 11.1. The first-order valence-corrected chi connectivity index (χ1v) is 5.19. The molecular weight excluding hydrogens is 200 g/mol. The fourth-order valence-electron chi connectivity index (χ4n) is 1.04. The summed E-state index contributed by atoms with van der Waals surface area (Å²) in [6.45, 7) is 0.896. The van der Waals surface area contributed by atoms with Crippen molar-refractivity contribution in [3.05, 3.63) is 22.4 Å². The van der Waals surface area contributed by atoms with E-state index in [9.17, 15) is 4.79 Å². The highest BCUT2D eigenvalue weighted by Crippen LogP contribution is 2.07. The lowest BCUT2D eigenvalue weighted by Gasteiger charge is -2.13. The van der Waals surface area contributed by atoms with Gasteiger partial charge in [-0.05, 0) is 11.4 Å². The molecular formula is C9H14N2O2S. The van der Waals surface area contributed by atoms with Crippen LogP contribution in [-0.4, -0.2) is 25.7 Å². The number of esters is 1. The monoisotopic (exact) mass is 214 g/mol. The Balaban J connectivity index is 2.38. The maximum atomic E-state index is 11.1. The Hall–Kier alpha value is -0.910. The second-order valence-corrected chi connectivity index (χ2v) is 3.80. The summed E-state index contributed by atoms with van der Waals surface area (Å²) >= 11 is 1.64. The van der Waals surface area contributed by atoms with Gasteiger partial charge in [0.2, 0.25) is 0 Å². The van der Waals surface area contributed by atoms with E-state index in [1.54, 1.807) is 11.3 Å². The molecule has 0 aliphatic rings. The summed E-state index contributed by atoms with van der Waals surface area (Å²) in [6, 6.07) is 3.56. The number of carbonyl (C=O) groups is 1. The van der Waals surface area contributed by atoms with E-state index in [-0.39, 0.29) is 12.5 Å². The van der Waals surface area contributed by atoms with Crippen molar-refractivity contribution in [3.8, 4) is 0 Å². The van der Waals surface area contributed by atoms with E-state index < -0.39 is 6.04 Å². The lowest BCUT2D eigenvalue weighted by Crippen LogP contribution is -2.42. The van der Waals surface area contributed by atoms with Gasteiger partial charge in [0, 0.05) is 18.0 Å². The summed E-state index contributed by atoms with van der Waals surface area (Å²) in [6.07, 6.45) is 0. The van der Waals surface area contributed by atoms with Crippen LogP contribution in [0.25, 0.3) is 0 Å². The Morgan fingerprint density at radius 1 is 1.79 bits per heavy atom. The lowest BCUT2D eigenvalue weighted by molar-refractivity contribution is -0.142. The van der Waals surface area contributed by atoms with Gasteiger partial charge < -0.3 is 10.5 Å². The van der Waals surface area contributed by atoms with Gasteiger partial charge in [0.05, 0.1) is 7.11 Å². The molecule has 0 amide bonds. The molecule has 1 unspecified atom stereocenters. The predicted octanol–water partition coefficient (Wildman–Crippen LogP) is 0.338. The molecule has 0 spiro atoms. The highest BCUT2D eigenvalue weighted by molar-refractivity contribution is 7.09. The van der Waals surface area contributed by atoms with E-state index in [1.807, 2.05) is 17.5 Å². The zero-order valence-corrected chi connectivity index (χ0v) is 8.84. The molecule has 0 aliphatic heterocycles. The number of nitrogens with one attached hydrogen (secondary N) is 1. The lowest BCUT2D eigenvalue weighted by atomic mass is 10.3. The molecule has 14 heavy (non-hydrogen) atoms. The first-order chi connectivity index (χ1) is 6.77. The Bertz CT molecular complexity index is 274. The van der Waals surface area contributed by atoms with Crippen LogP contribution in [0, 0.1) is 0 Å². The molecule has 1 aromatic heterocycles. The van der Waals surface area contributed by atoms with E-state index in [4.69, 9.17) is 5.73 Å². The van der Waals surface area contributed by atoms with Crippen molar-refractivity contribution < 1.29 is 9.53 Å². The van der Waals surface area contributed by atoms with Gasteiger partial charge >= 0.3 is 5.97 Å². The molecule has 4 nitrogen and oxygen atoms in total. The van der Waals surface area contributed by atoms with Gasteiger partial charge in [0.25, 0.3) is 0 Å². The van der Waals surface area contributed by atoms with Crippen molar-refractivity contribution in [2.75, 3.05) is 13.7 Å². The SMILES string of the molecule is COC(=O)C(CN)NCc1cccs1. The number of methoxy groups -OCH3 is 1. The summed E-state index contributed by atoms with van der Waals surface area (Å²) in [7, 11) is 1.36. The first kappa shape index (κ1) is 11.2. The van der Waals surface area contributed by atoms with E-state index in [0.29, 0.717) is 6.54 Å². The Labute approximate surface area is 87.1 Å². The van der Waals surface area contributed by atoms with Crippen LogP contribution < -0.4 is 11.1 Å². The number of rotatable bonds is 5. The third kappa shape index (κ3) is 3.10.